The number of nitrogens with zero attached hydrogens (tertiary/aromatic N) is 1. The van der Waals surface area contributed by atoms with E-state index in [4.69, 9.17) is 4.42 Å². The van der Waals surface area contributed by atoms with Crippen LogP contribution < -0.4 is 5.32 Å². The number of amides is 3. The van der Waals surface area contributed by atoms with Gasteiger partial charge in [0.1, 0.15) is 5.76 Å². The van der Waals surface area contributed by atoms with E-state index < -0.39 is 29.5 Å². The second kappa shape index (κ2) is 7.18. The van der Waals surface area contributed by atoms with Gasteiger partial charge in [-0.05, 0) is 48.5 Å². The molecule has 2 heterocycles. The van der Waals surface area contributed by atoms with Crippen LogP contribution in [-0.2, 0) is 12.7 Å². The summed E-state index contributed by atoms with van der Waals surface area (Å²) in [5, 5.41) is 2.37. The summed E-state index contributed by atoms with van der Waals surface area (Å²) in [5.74, 6) is -1.38. The highest BCUT2D eigenvalue weighted by atomic mass is 19.4. The fraction of sp³-hybridized carbons (Fsp3) is 0.0952. The minimum absolute atomic E-state index is 0.0344. The van der Waals surface area contributed by atoms with Crippen LogP contribution in [0, 0.1) is 0 Å². The van der Waals surface area contributed by atoms with Gasteiger partial charge in [0.2, 0.25) is 0 Å². The first-order chi connectivity index (χ1) is 14.2. The van der Waals surface area contributed by atoms with Crippen LogP contribution in [0.3, 0.4) is 0 Å². The molecule has 3 aromatic rings. The summed E-state index contributed by atoms with van der Waals surface area (Å²) in [6, 6.07) is 11.4. The summed E-state index contributed by atoms with van der Waals surface area (Å²) < 4.78 is 43.7. The lowest BCUT2D eigenvalue weighted by molar-refractivity contribution is -0.137. The number of alkyl halides is 3. The minimum atomic E-state index is -4.54. The van der Waals surface area contributed by atoms with Gasteiger partial charge in [0.25, 0.3) is 17.7 Å². The summed E-state index contributed by atoms with van der Waals surface area (Å²) in [5.41, 5.74) is -0.724. The number of hydrogen-bond acceptors (Lipinski definition) is 4. The number of imide groups is 1. The maximum Gasteiger partial charge on any atom is 0.416 e. The summed E-state index contributed by atoms with van der Waals surface area (Å²) in [6.45, 7) is -0.0505. The van der Waals surface area contributed by atoms with E-state index in [0.717, 1.165) is 17.0 Å². The molecule has 30 heavy (non-hydrogen) atoms. The third-order valence-corrected chi connectivity index (χ3v) is 4.57. The summed E-state index contributed by atoms with van der Waals surface area (Å²) in [6.07, 6.45) is -3.12. The second-order valence-electron chi connectivity index (χ2n) is 6.57. The molecule has 4 rings (SSSR count). The molecule has 0 aliphatic carbocycles. The van der Waals surface area contributed by atoms with E-state index in [1.165, 1.54) is 36.6 Å². The Balaban J connectivity index is 1.56. The Bertz CT molecular complexity index is 1150. The average Bonchev–Trinajstić information content (AvgIpc) is 3.30. The molecule has 1 aliphatic rings. The molecule has 9 heteroatoms. The molecule has 0 radical (unpaired) electrons. The van der Waals surface area contributed by atoms with Crippen molar-refractivity contribution >= 4 is 23.4 Å². The zero-order chi connectivity index (χ0) is 21.5. The number of nitrogens with one attached hydrogen (secondary N) is 1. The van der Waals surface area contributed by atoms with E-state index in [0.29, 0.717) is 5.76 Å². The Kier molecular flexibility index (Phi) is 4.65. The van der Waals surface area contributed by atoms with E-state index in [2.05, 4.69) is 5.32 Å². The van der Waals surface area contributed by atoms with Crippen LogP contribution in [0.2, 0.25) is 0 Å². The van der Waals surface area contributed by atoms with Gasteiger partial charge in [-0.2, -0.15) is 13.2 Å². The van der Waals surface area contributed by atoms with Crippen molar-refractivity contribution in [2.75, 3.05) is 5.32 Å². The Morgan fingerprint density at radius 1 is 0.967 bits per heavy atom. The third kappa shape index (κ3) is 3.57. The van der Waals surface area contributed by atoms with E-state index >= 15 is 0 Å². The van der Waals surface area contributed by atoms with Crippen molar-refractivity contribution in [1.29, 1.82) is 0 Å². The largest absolute Gasteiger partial charge is 0.467 e. The second-order valence-corrected chi connectivity index (χ2v) is 6.57. The Morgan fingerprint density at radius 3 is 2.43 bits per heavy atom. The fourth-order valence-corrected chi connectivity index (χ4v) is 3.11. The predicted octanol–water partition coefficient (Wildman–Crippen LogP) is 4.35. The first-order valence-corrected chi connectivity index (χ1v) is 8.75. The first kappa shape index (κ1) is 19.4. The number of carbonyl (C=O) groups excluding carboxylic acids is 3. The van der Waals surface area contributed by atoms with Gasteiger partial charge in [-0.15, -0.1) is 0 Å². The molecule has 3 amide bonds. The zero-order valence-electron chi connectivity index (χ0n) is 15.2. The van der Waals surface area contributed by atoms with Crippen LogP contribution in [0.4, 0.5) is 18.9 Å². The highest BCUT2D eigenvalue weighted by molar-refractivity contribution is 6.22. The molecule has 1 aromatic heterocycles. The number of furan rings is 1. The smallest absolute Gasteiger partial charge is 0.416 e. The molecule has 0 unspecified atom stereocenters. The normalized spacial score (nSPS) is 13.5. The minimum Gasteiger partial charge on any atom is -0.467 e. The van der Waals surface area contributed by atoms with E-state index in [1.807, 2.05) is 0 Å². The van der Waals surface area contributed by atoms with Gasteiger partial charge < -0.3 is 9.73 Å². The van der Waals surface area contributed by atoms with Gasteiger partial charge in [0.05, 0.1) is 29.5 Å². The number of carbonyl (C=O) groups is 3. The molecule has 0 bridgehead atoms. The van der Waals surface area contributed by atoms with Crippen LogP contribution in [0.15, 0.2) is 65.3 Å². The molecule has 0 spiro atoms. The zero-order valence-corrected chi connectivity index (χ0v) is 15.2. The Hall–Kier alpha value is -3.88. The monoisotopic (exact) mass is 414 g/mol. The molecule has 0 saturated carbocycles. The first-order valence-electron chi connectivity index (χ1n) is 8.75. The summed E-state index contributed by atoms with van der Waals surface area (Å²) >= 11 is 0. The molecule has 152 valence electrons. The van der Waals surface area contributed by atoms with Gasteiger partial charge >= 0.3 is 6.18 Å². The Morgan fingerprint density at radius 2 is 1.73 bits per heavy atom. The van der Waals surface area contributed by atoms with Gasteiger partial charge in [-0.3, -0.25) is 19.3 Å². The highest BCUT2D eigenvalue weighted by Gasteiger charge is 2.36. The number of halogens is 3. The van der Waals surface area contributed by atoms with Crippen molar-refractivity contribution in [2.45, 2.75) is 12.7 Å². The predicted molar refractivity (Wildman–Crippen MR) is 98.8 cm³/mol. The number of rotatable bonds is 4. The molecule has 0 atom stereocenters. The van der Waals surface area contributed by atoms with Crippen molar-refractivity contribution in [2.24, 2.45) is 0 Å². The molecule has 2 aromatic carbocycles. The van der Waals surface area contributed by atoms with Gasteiger partial charge in [-0.25, -0.2) is 0 Å². The van der Waals surface area contributed by atoms with Gasteiger partial charge in [-0.1, -0.05) is 6.07 Å². The lowest BCUT2D eigenvalue weighted by Crippen LogP contribution is -2.28. The van der Waals surface area contributed by atoms with Crippen molar-refractivity contribution < 1.29 is 32.0 Å². The summed E-state index contributed by atoms with van der Waals surface area (Å²) in [4.78, 5) is 38.6. The molecular formula is C21H13F3N2O4. The number of fused-ring (bicyclic) bond motifs is 1. The van der Waals surface area contributed by atoms with Crippen molar-refractivity contribution in [3.63, 3.8) is 0 Å². The van der Waals surface area contributed by atoms with Crippen molar-refractivity contribution in [3.05, 3.63) is 88.9 Å². The molecule has 1 aliphatic heterocycles. The maximum absolute atomic E-state index is 12.8. The standard InChI is InChI=1S/C21H13F3N2O4/c22-21(23,24)13-3-1-4-14(10-13)25-18(27)12-6-7-16-17(9-12)20(29)26(19(16)28)11-15-5-2-8-30-15/h1-10H,11H2,(H,25,27). The average molecular weight is 414 g/mol. The third-order valence-electron chi connectivity index (χ3n) is 4.57. The Labute approximate surface area is 167 Å². The van der Waals surface area contributed by atoms with Crippen LogP contribution in [0.1, 0.15) is 42.4 Å². The van der Waals surface area contributed by atoms with E-state index in [1.54, 1.807) is 12.1 Å². The number of hydrogen-bond donors (Lipinski definition) is 1. The molecule has 0 fully saturated rings. The molecule has 0 saturated heterocycles. The summed E-state index contributed by atoms with van der Waals surface area (Å²) in [7, 11) is 0. The molecular weight excluding hydrogens is 401 g/mol. The van der Waals surface area contributed by atoms with Crippen LogP contribution in [0.5, 0.6) is 0 Å². The molecule has 1 N–H and O–H groups in total. The van der Waals surface area contributed by atoms with Crippen LogP contribution in [0.25, 0.3) is 0 Å². The van der Waals surface area contributed by atoms with E-state index in [9.17, 15) is 27.6 Å². The molecule has 6 nitrogen and oxygen atoms in total. The SMILES string of the molecule is O=C(Nc1cccc(C(F)(F)F)c1)c1ccc2c(c1)C(=O)N(Cc1ccco1)C2=O. The van der Waals surface area contributed by atoms with E-state index in [-0.39, 0.29) is 28.9 Å². The van der Waals surface area contributed by atoms with Crippen LogP contribution in [-0.4, -0.2) is 22.6 Å². The topological polar surface area (TPSA) is 79.6 Å². The lowest BCUT2D eigenvalue weighted by Gasteiger charge is -2.11. The fourth-order valence-electron chi connectivity index (χ4n) is 3.11. The van der Waals surface area contributed by atoms with Crippen molar-refractivity contribution in [1.82, 2.24) is 4.90 Å². The number of anilines is 1. The lowest BCUT2D eigenvalue weighted by atomic mass is 10.1. The van der Waals surface area contributed by atoms with Crippen LogP contribution >= 0.6 is 0 Å². The quantitative estimate of drug-likeness (QED) is 0.644. The maximum atomic E-state index is 12.8. The number of benzene rings is 2. The van der Waals surface area contributed by atoms with Crippen molar-refractivity contribution in [3.8, 4) is 0 Å². The highest BCUT2D eigenvalue weighted by Crippen LogP contribution is 2.31. The van der Waals surface area contributed by atoms with Gasteiger partial charge in [0, 0.05) is 11.3 Å². The van der Waals surface area contributed by atoms with Gasteiger partial charge in [0.15, 0.2) is 0 Å².